The molecule has 1 aromatic carbocycles. The van der Waals surface area contributed by atoms with Crippen LogP contribution in [0.2, 0.25) is 0 Å². The fourth-order valence-corrected chi connectivity index (χ4v) is 3.50. The van der Waals surface area contributed by atoms with Gasteiger partial charge in [0.15, 0.2) is 5.11 Å². The van der Waals surface area contributed by atoms with E-state index >= 15 is 0 Å². The number of carbonyl (C=O) groups is 1. The van der Waals surface area contributed by atoms with Gasteiger partial charge in [0.05, 0.1) is 4.90 Å². The van der Waals surface area contributed by atoms with Crippen LogP contribution in [0.5, 0.6) is 0 Å². The van der Waals surface area contributed by atoms with Gasteiger partial charge in [-0.3, -0.25) is 15.6 Å². The number of hydrogen-bond donors (Lipinski definition) is 3. The van der Waals surface area contributed by atoms with Crippen LogP contribution in [0, 0.1) is 5.92 Å². The Morgan fingerprint density at radius 2 is 1.93 bits per heavy atom. The predicted molar refractivity (Wildman–Crippen MR) is 112 cm³/mol. The number of amides is 1. The molecule has 1 atom stereocenters. The van der Waals surface area contributed by atoms with E-state index in [1.807, 2.05) is 0 Å². The van der Waals surface area contributed by atoms with Crippen molar-refractivity contribution in [1.29, 1.82) is 0 Å². The van der Waals surface area contributed by atoms with Gasteiger partial charge < -0.3 is 5.32 Å². The maximum atomic E-state index is 12.3. The topological polar surface area (TPSA) is 90.5 Å². The summed E-state index contributed by atoms with van der Waals surface area (Å²) in [5, 5.41) is 3.43. The van der Waals surface area contributed by atoms with Crippen LogP contribution in [0.1, 0.15) is 49.9 Å². The van der Waals surface area contributed by atoms with E-state index in [2.05, 4.69) is 30.0 Å². The third-order valence-corrected chi connectivity index (χ3v) is 6.32. The predicted octanol–water partition coefficient (Wildman–Crippen LogP) is 2.26. The average Bonchev–Trinajstić information content (AvgIpc) is 2.66. The summed E-state index contributed by atoms with van der Waals surface area (Å²) in [6.45, 7) is 5.06. The minimum absolute atomic E-state index is 0.0579. The highest BCUT2D eigenvalue weighted by molar-refractivity contribution is 7.89. The molecule has 0 saturated carbocycles. The molecule has 7 nitrogen and oxygen atoms in total. The molecule has 1 rings (SSSR count). The van der Waals surface area contributed by atoms with Crippen molar-refractivity contribution < 1.29 is 13.2 Å². The summed E-state index contributed by atoms with van der Waals surface area (Å²) in [5.41, 5.74) is 5.37. The first kappa shape index (κ1) is 23.3. The normalized spacial score (nSPS) is 12.5. The Bertz CT molecular complexity index is 736. The third-order valence-electron chi connectivity index (χ3n) is 4.26. The Morgan fingerprint density at radius 1 is 1.22 bits per heavy atom. The maximum Gasteiger partial charge on any atom is 0.269 e. The number of carbonyl (C=O) groups excluding carboxylic acids is 1. The summed E-state index contributed by atoms with van der Waals surface area (Å²) >= 11 is 5.18. The number of nitrogens with zero attached hydrogens (tertiary/aromatic N) is 1. The molecule has 0 unspecified atom stereocenters. The van der Waals surface area contributed by atoms with Crippen molar-refractivity contribution in [2.75, 3.05) is 20.6 Å². The molecule has 0 aliphatic carbocycles. The summed E-state index contributed by atoms with van der Waals surface area (Å²) in [6.07, 6.45) is 4.55. The van der Waals surface area contributed by atoms with Gasteiger partial charge in [0.25, 0.3) is 5.91 Å². The molecule has 9 heteroatoms. The van der Waals surface area contributed by atoms with E-state index in [0.29, 0.717) is 11.0 Å². The number of rotatable bonds is 9. The largest absolute Gasteiger partial charge is 0.361 e. The third kappa shape index (κ3) is 7.43. The van der Waals surface area contributed by atoms with Gasteiger partial charge in [-0.05, 0) is 42.8 Å². The van der Waals surface area contributed by atoms with Crippen LogP contribution in [0.25, 0.3) is 0 Å². The van der Waals surface area contributed by atoms with E-state index in [-0.39, 0.29) is 10.5 Å². The van der Waals surface area contributed by atoms with Gasteiger partial charge in [-0.2, -0.15) is 0 Å². The molecule has 27 heavy (non-hydrogen) atoms. The van der Waals surface area contributed by atoms with Gasteiger partial charge in [-0.15, -0.1) is 0 Å². The molecule has 0 aliphatic heterocycles. The first-order valence-corrected chi connectivity index (χ1v) is 10.9. The van der Waals surface area contributed by atoms with Crippen LogP contribution in [0.15, 0.2) is 29.2 Å². The lowest BCUT2D eigenvalue weighted by molar-refractivity contribution is 0.0943. The lowest BCUT2D eigenvalue weighted by Gasteiger charge is -2.17. The van der Waals surface area contributed by atoms with Crippen LogP contribution in [-0.2, 0) is 10.0 Å². The Labute approximate surface area is 167 Å². The first-order chi connectivity index (χ1) is 12.7. The molecule has 0 heterocycles. The molecule has 0 bridgehead atoms. The summed E-state index contributed by atoms with van der Waals surface area (Å²) in [6, 6.07) is 5.86. The zero-order valence-electron chi connectivity index (χ0n) is 16.4. The number of thiocarbonyl (C=S) groups is 1. The van der Waals surface area contributed by atoms with Crippen LogP contribution in [0.3, 0.4) is 0 Å². The highest BCUT2D eigenvalue weighted by Gasteiger charge is 2.18. The van der Waals surface area contributed by atoms with E-state index in [4.69, 9.17) is 12.2 Å². The van der Waals surface area contributed by atoms with E-state index in [9.17, 15) is 13.2 Å². The Hall–Kier alpha value is -1.71. The number of benzene rings is 1. The molecule has 1 aromatic rings. The molecular weight excluding hydrogens is 384 g/mol. The quantitative estimate of drug-likeness (QED) is 0.424. The molecular formula is C18H30N4O3S2. The maximum absolute atomic E-state index is 12.3. The summed E-state index contributed by atoms with van der Waals surface area (Å²) in [5.74, 6) is 0.0707. The van der Waals surface area contributed by atoms with Gasteiger partial charge in [0.2, 0.25) is 10.0 Å². The molecule has 1 amide bonds. The highest BCUT2D eigenvalue weighted by Crippen LogP contribution is 2.14. The van der Waals surface area contributed by atoms with Crippen molar-refractivity contribution in [3.63, 3.8) is 0 Å². The van der Waals surface area contributed by atoms with Crippen molar-refractivity contribution in [1.82, 2.24) is 20.5 Å². The second-order valence-corrected chi connectivity index (χ2v) is 9.08. The Kier molecular flexibility index (Phi) is 9.68. The minimum atomic E-state index is -3.60. The van der Waals surface area contributed by atoms with Crippen molar-refractivity contribution in [2.45, 2.75) is 44.4 Å². The molecule has 0 aromatic heterocycles. The van der Waals surface area contributed by atoms with Gasteiger partial charge in [-0.1, -0.05) is 39.2 Å². The van der Waals surface area contributed by atoms with E-state index < -0.39 is 15.9 Å². The zero-order valence-corrected chi connectivity index (χ0v) is 18.0. The summed E-state index contributed by atoms with van der Waals surface area (Å²) in [7, 11) is -0.714. The monoisotopic (exact) mass is 414 g/mol. The molecule has 152 valence electrons. The molecule has 0 spiro atoms. The SMILES string of the molecule is CCCC[C@H](CC)CNC(=S)NNC(=O)c1cccc(S(=O)(=O)N(C)C)c1. The number of unbranched alkanes of at least 4 members (excludes halogenated alkanes) is 1. The van der Waals surface area contributed by atoms with Crippen molar-refractivity contribution in [3.05, 3.63) is 29.8 Å². The summed E-state index contributed by atoms with van der Waals surface area (Å²) in [4.78, 5) is 12.3. The molecule has 0 fully saturated rings. The average molecular weight is 415 g/mol. The number of hydrazine groups is 1. The molecule has 0 aliphatic rings. The van der Waals surface area contributed by atoms with E-state index in [1.165, 1.54) is 38.7 Å². The second-order valence-electron chi connectivity index (χ2n) is 6.52. The molecule has 0 saturated heterocycles. The van der Waals surface area contributed by atoms with Crippen molar-refractivity contribution in [2.24, 2.45) is 5.92 Å². The van der Waals surface area contributed by atoms with Crippen molar-refractivity contribution >= 4 is 33.3 Å². The number of sulfonamides is 1. The zero-order chi connectivity index (χ0) is 20.4. The van der Waals surface area contributed by atoms with Gasteiger partial charge in [0, 0.05) is 26.2 Å². The van der Waals surface area contributed by atoms with Gasteiger partial charge >= 0.3 is 0 Å². The standard InChI is InChI=1S/C18H30N4O3S2/c1-5-7-9-14(6-2)13-19-18(26)21-20-17(23)15-10-8-11-16(12-15)27(24,25)22(3)4/h8,10-12,14H,5-7,9,13H2,1-4H3,(H,20,23)(H2,19,21,26)/t14-/m0/s1. The lowest BCUT2D eigenvalue weighted by atomic mass is 9.99. The smallest absolute Gasteiger partial charge is 0.269 e. The van der Waals surface area contributed by atoms with Crippen LogP contribution >= 0.6 is 12.2 Å². The molecule has 3 N–H and O–H groups in total. The second kappa shape index (κ2) is 11.2. The Morgan fingerprint density at radius 3 is 2.52 bits per heavy atom. The van der Waals surface area contributed by atoms with E-state index in [0.717, 1.165) is 30.1 Å². The Balaban J connectivity index is 2.59. The van der Waals surface area contributed by atoms with Gasteiger partial charge in [-0.25, -0.2) is 12.7 Å². The van der Waals surface area contributed by atoms with Gasteiger partial charge in [0.1, 0.15) is 0 Å². The highest BCUT2D eigenvalue weighted by atomic mass is 32.2. The number of nitrogens with one attached hydrogen (secondary N) is 3. The van der Waals surface area contributed by atoms with Crippen LogP contribution in [-0.4, -0.2) is 44.4 Å². The van der Waals surface area contributed by atoms with Crippen LogP contribution in [0.4, 0.5) is 0 Å². The lowest BCUT2D eigenvalue weighted by Crippen LogP contribution is -2.47. The molecule has 0 radical (unpaired) electrons. The van der Waals surface area contributed by atoms with Crippen molar-refractivity contribution in [3.8, 4) is 0 Å². The van der Waals surface area contributed by atoms with Crippen LogP contribution < -0.4 is 16.2 Å². The summed E-state index contributed by atoms with van der Waals surface area (Å²) < 4.78 is 25.4. The number of hydrogen-bond acceptors (Lipinski definition) is 4. The minimum Gasteiger partial charge on any atom is -0.361 e. The first-order valence-electron chi connectivity index (χ1n) is 9.09. The van der Waals surface area contributed by atoms with E-state index in [1.54, 1.807) is 6.07 Å². The fraction of sp³-hybridized carbons (Fsp3) is 0.556. The fourth-order valence-electron chi connectivity index (χ4n) is 2.42.